The van der Waals surface area contributed by atoms with Gasteiger partial charge >= 0.3 is 6.36 Å². The fourth-order valence-electron chi connectivity index (χ4n) is 3.63. The Hall–Kier alpha value is -2.51. The highest BCUT2D eigenvalue weighted by Gasteiger charge is 2.53. The van der Waals surface area contributed by atoms with Crippen molar-refractivity contribution >= 4 is 17.5 Å². The summed E-state index contributed by atoms with van der Waals surface area (Å²) in [6.45, 7) is -1.10. The predicted octanol–water partition coefficient (Wildman–Crippen LogP) is 4.30. The molecule has 0 unspecified atom stereocenters. The van der Waals surface area contributed by atoms with Gasteiger partial charge in [-0.3, -0.25) is 9.53 Å². The quantitative estimate of drug-likeness (QED) is 0.554. The van der Waals surface area contributed by atoms with Gasteiger partial charge in [-0.25, -0.2) is 8.78 Å². The van der Waals surface area contributed by atoms with Crippen LogP contribution in [0, 0.1) is 0 Å². The summed E-state index contributed by atoms with van der Waals surface area (Å²) in [4.78, 5) is 12.1. The zero-order chi connectivity index (χ0) is 24.6. The van der Waals surface area contributed by atoms with Gasteiger partial charge in [0.2, 0.25) is 11.8 Å². The molecule has 1 N–H and O–H groups in total. The molecule has 0 bridgehead atoms. The number of hydrogen-bond acceptors (Lipinski definition) is 7. The molecule has 8 nitrogen and oxygen atoms in total. The van der Waals surface area contributed by atoms with Gasteiger partial charge in [0.15, 0.2) is 12.2 Å². The molecule has 2 atom stereocenters. The molecule has 1 amide bonds. The number of ether oxygens (including phenoxy) is 3. The Bertz CT molecular complexity index is 1010. The molecule has 0 spiro atoms. The van der Waals surface area contributed by atoms with Crippen molar-refractivity contribution in [1.82, 2.24) is 15.5 Å². The molecule has 1 aliphatic heterocycles. The molecular formula is C20H19ClF5N3O5. The number of benzene rings is 1. The highest BCUT2D eigenvalue weighted by Crippen LogP contribution is 2.48. The van der Waals surface area contributed by atoms with Gasteiger partial charge in [0, 0.05) is 11.4 Å². The van der Waals surface area contributed by atoms with Crippen LogP contribution < -0.4 is 10.1 Å². The summed E-state index contributed by atoms with van der Waals surface area (Å²) in [5.41, 5.74) is -1.82. The zero-order valence-electron chi connectivity index (χ0n) is 17.4. The highest BCUT2D eigenvalue weighted by molar-refractivity contribution is 6.30. The summed E-state index contributed by atoms with van der Waals surface area (Å²) in [5.74, 6) is -4.71. The minimum atomic E-state index is -4.92. The number of nitrogens with zero attached hydrogens (tertiary/aromatic N) is 2. The van der Waals surface area contributed by atoms with E-state index in [9.17, 15) is 26.7 Å². The maximum Gasteiger partial charge on any atom is 0.523 e. The van der Waals surface area contributed by atoms with Crippen LogP contribution in [-0.2, 0) is 19.9 Å². The lowest BCUT2D eigenvalue weighted by Gasteiger charge is -2.38. The normalized spacial score (nSPS) is 23.7. The second kappa shape index (κ2) is 9.27. The second-order valence-corrected chi connectivity index (χ2v) is 8.43. The van der Waals surface area contributed by atoms with E-state index in [1.807, 2.05) is 0 Å². The third-order valence-corrected chi connectivity index (χ3v) is 5.78. The van der Waals surface area contributed by atoms with Gasteiger partial charge in [0.05, 0.1) is 6.61 Å². The number of rotatable bonds is 7. The van der Waals surface area contributed by atoms with E-state index in [1.165, 1.54) is 12.1 Å². The molecule has 4 rings (SSSR count). The molecular weight excluding hydrogens is 493 g/mol. The van der Waals surface area contributed by atoms with E-state index < -0.39 is 61.5 Å². The minimum Gasteiger partial charge on any atom is -0.484 e. The average Bonchev–Trinajstić information content (AvgIpc) is 3.21. The van der Waals surface area contributed by atoms with Crippen molar-refractivity contribution < 1.29 is 45.4 Å². The molecule has 2 heterocycles. The van der Waals surface area contributed by atoms with E-state index in [2.05, 4.69) is 20.3 Å². The van der Waals surface area contributed by atoms with Crippen LogP contribution >= 0.6 is 11.6 Å². The molecule has 0 radical (unpaired) electrons. The average molecular weight is 512 g/mol. The number of alkyl halides is 5. The van der Waals surface area contributed by atoms with E-state index >= 15 is 0 Å². The van der Waals surface area contributed by atoms with Crippen molar-refractivity contribution in [3.05, 3.63) is 41.1 Å². The molecule has 2 aliphatic rings. The minimum absolute atomic E-state index is 0.00201. The van der Waals surface area contributed by atoms with Crippen LogP contribution in [0.4, 0.5) is 22.0 Å². The van der Waals surface area contributed by atoms with Gasteiger partial charge < -0.3 is 19.2 Å². The topological polar surface area (TPSA) is 95.7 Å². The Morgan fingerprint density at radius 1 is 1.21 bits per heavy atom. The summed E-state index contributed by atoms with van der Waals surface area (Å²) in [5, 5.41) is 9.81. The van der Waals surface area contributed by atoms with E-state index in [1.54, 1.807) is 12.1 Å². The lowest BCUT2D eigenvalue weighted by molar-refractivity contribution is -0.387. The smallest absolute Gasteiger partial charge is 0.484 e. The van der Waals surface area contributed by atoms with Gasteiger partial charge in [0.1, 0.15) is 17.9 Å². The molecule has 1 saturated carbocycles. The summed E-state index contributed by atoms with van der Waals surface area (Å²) in [6.07, 6.45) is -6.76. The van der Waals surface area contributed by atoms with Crippen molar-refractivity contribution in [2.75, 3.05) is 13.2 Å². The van der Waals surface area contributed by atoms with Crippen molar-refractivity contribution in [2.45, 2.75) is 55.7 Å². The fraction of sp³-hybridized carbons (Fsp3) is 0.550. The molecule has 1 saturated heterocycles. The number of aromatic nitrogens is 2. The number of carbonyl (C=O) groups is 1. The van der Waals surface area contributed by atoms with Crippen LogP contribution in [0.5, 0.6) is 5.75 Å². The van der Waals surface area contributed by atoms with Gasteiger partial charge in [-0.1, -0.05) is 11.6 Å². The Morgan fingerprint density at radius 2 is 1.91 bits per heavy atom. The standard InChI is InChI=1S/C20H19ClF5N3O5/c21-11-2-4-12(5-3-11)31-10-15(30)27-14-9-32-13(8-19(14,22)23)16-28-29-17(33-16)18(6-1-7-18)34-20(24,25)26/h2-5,13-14H,1,6-10H2,(H,27,30)/t13-,14-/m0/s1. The van der Waals surface area contributed by atoms with Gasteiger partial charge in [0.25, 0.3) is 11.8 Å². The zero-order valence-corrected chi connectivity index (χ0v) is 18.2. The molecule has 1 aromatic carbocycles. The van der Waals surface area contributed by atoms with Gasteiger partial charge in [-0.2, -0.15) is 0 Å². The number of nitrogens with one attached hydrogen (secondary N) is 1. The first-order valence-corrected chi connectivity index (χ1v) is 10.6. The number of carbonyl (C=O) groups excluding carboxylic acids is 1. The van der Waals surface area contributed by atoms with Crippen LogP contribution in [0.15, 0.2) is 28.7 Å². The van der Waals surface area contributed by atoms with E-state index in [4.69, 9.17) is 25.5 Å². The Labute approximate surface area is 194 Å². The second-order valence-electron chi connectivity index (χ2n) is 7.99. The Morgan fingerprint density at radius 3 is 2.50 bits per heavy atom. The first kappa shape index (κ1) is 24.6. The third kappa shape index (κ3) is 5.58. The molecule has 34 heavy (non-hydrogen) atoms. The first-order valence-electron chi connectivity index (χ1n) is 10.2. The Balaban J connectivity index is 1.34. The summed E-state index contributed by atoms with van der Waals surface area (Å²) in [6, 6.07) is 4.47. The van der Waals surface area contributed by atoms with Crippen molar-refractivity contribution in [1.29, 1.82) is 0 Å². The van der Waals surface area contributed by atoms with Crippen molar-refractivity contribution in [3.8, 4) is 5.75 Å². The molecule has 1 aromatic heterocycles. The number of amides is 1. The van der Waals surface area contributed by atoms with Crippen LogP contribution in [0.1, 0.15) is 43.6 Å². The first-order chi connectivity index (χ1) is 16.0. The Kier molecular flexibility index (Phi) is 6.71. The lowest BCUT2D eigenvalue weighted by Crippen LogP contribution is -2.55. The molecule has 2 fully saturated rings. The molecule has 14 heteroatoms. The maximum absolute atomic E-state index is 14.7. The van der Waals surface area contributed by atoms with Gasteiger partial charge in [-0.15, -0.1) is 23.4 Å². The van der Waals surface area contributed by atoms with E-state index in [0.29, 0.717) is 17.2 Å². The SMILES string of the molecule is O=C(COc1ccc(Cl)cc1)N[C@H]1CO[C@H](c2nnc(C3(OC(F)(F)F)CCC3)o2)CC1(F)F. The monoisotopic (exact) mass is 511 g/mol. The van der Waals surface area contributed by atoms with Crippen molar-refractivity contribution in [2.24, 2.45) is 0 Å². The predicted molar refractivity (Wildman–Crippen MR) is 104 cm³/mol. The van der Waals surface area contributed by atoms with Crippen molar-refractivity contribution in [3.63, 3.8) is 0 Å². The summed E-state index contributed by atoms with van der Waals surface area (Å²) < 4.78 is 87.7. The fourth-order valence-corrected chi connectivity index (χ4v) is 3.76. The maximum atomic E-state index is 14.7. The lowest BCUT2D eigenvalue weighted by atomic mass is 9.80. The number of hydrogen-bond donors (Lipinski definition) is 1. The summed E-state index contributed by atoms with van der Waals surface area (Å²) in [7, 11) is 0. The van der Waals surface area contributed by atoms with E-state index in [-0.39, 0.29) is 18.7 Å². The highest BCUT2D eigenvalue weighted by atomic mass is 35.5. The van der Waals surface area contributed by atoms with E-state index in [0.717, 1.165) is 0 Å². The van der Waals surface area contributed by atoms with Crippen LogP contribution in [0.25, 0.3) is 0 Å². The molecule has 2 aromatic rings. The number of halogens is 6. The van der Waals surface area contributed by atoms with Crippen LogP contribution in [0.3, 0.4) is 0 Å². The largest absolute Gasteiger partial charge is 0.523 e. The van der Waals surface area contributed by atoms with Crippen LogP contribution in [0.2, 0.25) is 5.02 Å². The van der Waals surface area contributed by atoms with Gasteiger partial charge in [-0.05, 0) is 43.5 Å². The summed E-state index contributed by atoms with van der Waals surface area (Å²) >= 11 is 5.75. The molecule has 186 valence electrons. The molecule has 1 aliphatic carbocycles. The van der Waals surface area contributed by atoms with Crippen LogP contribution in [-0.4, -0.2) is 47.6 Å². The third-order valence-electron chi connectivity index (χ3n) is 5.53.